The van der Waals surface area contributed by atoms with Crippen LogP contribution in [0, 0.1) is 31.6 Å². The van der Waals surface area contributed by atoms with Crippen LogP contribution in [0.3, 0.4) is 0 Å². The van der Waals surface area contributed by atoms with Gasteiger partial charge in [-0.3, -0.25) is 20.2 Å². The lowest BCUT2D eigenvalue weighted by molar-refractivity contribution is -0.392. The molecule has 2 rings (SSSR count). The third-order valence-corrected chi connectivity index (χ3v) is 2.99. The van der Waals surface area contributed by atoms with Crippen LogP contribution in [0.1, 0.15) is 5.56 Å². The lowest BCUT2D eigenvalue weighted by atomic mass is 10.1. The Morgan fingerprint density at radius 1 is 1.08 bits per heavy atom. The normalized spacial score (nSPS) is 10.7. The van der Waals surface area contributed by atoms with Crippen LogP contribution in [0.15, 0.2) is 36.4 Å². The van der Waals surface area contributed by atoms with Crippen LogP contribution in [0.25, 0.3) is 0 Å². The summed E-state index contributed by atoms with van der Waals surface area (Å²) in [4.78, 5) is 20.4. The minimum Gasteiger partial charge on any atom is -0.404 e. The van der Waals surface area contributed by atoms with E-state index in [1.54, 1.807) is 6.07 Å². The number of ether oxygens (including phenoxy) is 1. The number of nitro benzene ring substituents is 2. The summed E-state index contributed by atoms with van der Waals surface area (Å²) in [5.41, 5.74) is -3.12. The number of halogens is 3. The molecule has 0 fully saturated rings. The number of anilines is 2. The highest BCUT2D eigenvalue weighted by Gasteiger charge is 2.33. The number of rotatable bonds is 5. The van der Waals surface area contributed by atoms with Crippen LogP contribution in [-0.4, -0.2) is 16.2 Å². The van der Waals surface area contributed by atoms with Gasteiger partial charge in [0.2, 0.25) is 0 Å². The standard InChI is InChI=1S/C14H7F3N4O5/c15-14(16,17)26-12-4-2-1-3-9(12)19-13-10(20(22)23)5-8(7-18)6-11(13)21(24)25/h1-6,19H. The Kier molecular flexibility index (Phi) is 4.92. The second-order valence-electron chi connectivity index (χ2n) is 4.68. The van der Waals surface area contributed by atoms with Gasteiger partial charge in [0.1, 0.15) is 0 Å². The highest BCUT2D eigenvalue weighted by molar-refractivity contribution is 5.82. The van der Waals surface area contributed by atoms with Gasteiger partial charge in [0.05, 0.1) is 27.2 Å². The zero-order chi connectivity index (χ0) is 19.5. The van der Waals surface area contributed by atoms with Crippen molar-refractivity contribution >= 4 is 22.7 Å². The summed E-state index contributed by atoms with van der Waals surface area (Å²) in [6, 6.07) is 7.61. The number of nitriles is 1. The molecular formula is C14H7F3N4O5. The zero-order valence-corrected chi connectivity index (χ0v) is 12.5. The third-order valence-electron chi connectivity index (χ3n) is 2.99. The third kappa shape index (κ3) is 4.15. The van der Waals surface area contributed by atoms with Crippen molar-refractivity contribution in [3.8, 4) is 11.8 Å². The summed E-state index contributed by atoms with van der Waals surface area (Å²) in [5.74, 6) is -0.743. The van der Waals surface area contributed by atoms with E-state index in [1.165, 1.54) is 12.1 Å². The van der Waals surface area contributed by atoms with Crippen molar-refractivity contribution in [2.24, 2.45) is 0 Å². The monoisotopic (exact) mass is 368 g/mol. The molecule has 0 saturated heterocycles. The van der Waals surface area contributed by atoms with E-state index in [9.17, 15) is 33.4 Å². The number of alkyl halides is 3. The van der Waals surface area contributed by atoms with E-state index in [4.69, 9.17) is 5.26 Å². The molecule has 0 heterocycles. The zero-order valence-electron chi connectivity index (χ0n) is 12.5. The Labute approximate surface area is 142 Å². The fourth-order valence-electron chi connectivity index (χ4n) is 2.01. The number of hydrogen-bond donors (Lipinski definition) is 1. The Hall–Kier alpha value is -3.88. The largest absolute Gasteiger partial charge is 0.573 e. The topological polar surface area (TPSA) is 131 Å². The van der Waals surface area contributed by atoms with E-state index in [0.29, 0.717) is 0 Å². The summed E-state index contributed by atoms with van der Waals surface area (Å²) in [6.45, 7) is 0. The molecule has 26 heavy (non-hydrogen) atoms. The number of para-hydroxylation sites is 2. The Morgan fingerprint density at radius 2 is 1.62 bits per heavy atom. The molecule has 9 nitrogen and oxygen atoms in total. The number of nitrogens with one attached hydrogen (secondary N) is 1. The summed E-state index contributed by atoms with van der Waals surface area (Å²) in [5, 5.41) is 33.5. The molecule has 0 aromatic heterocycles. The van der Waals surface area contributed by atoms with E-state index in [0.717, 1.165) is 24.3 Å². The van der Waals surface area contributed by atoms with Crippen molar-refractivity contribution in [3.05, 3.63) is 62.2 Å². The highest BCUT2D eigenvalue weighted by Crippen LogP contribution is 2.40. The van der Waals surface area contributed by atoms with Gasteiger partial charge in [0.15, 0.2) is 11.4 Å². The van der Waals surface area contributed by atoms with Crippen LogP contribution in [-0.2, 0) is 0 Å². The van der Waals surface area contributed by atoms with Crippen molar-refractivity contribution < 1.29 is 27.8 Å². The average Bonchev–Trinajstić information content (AvgIpc) is 2.54. The molecule has 0 radical (unpaired) electrons. The van der Waals surface area contributed by atoms with Gasteiger partial charge in [0, 0.05) is 12.1 Å². The average molecular weight is 368 g/mol. The van der Waals surface area contributed by atoms with Gasteiger partial charge in [-0.05, 0) is 12.1 Å². The van der Waals surface area contributed by atoms with E-state index < -0.39 is 39.0 Å². The van der Waals surface area contributed by atoms with E-state index in [-0.39, 0.29) is 11.3 Å². The summed E-state index contributed by atoms with van der Waals surface area (Å²) in [6.07, 6.45) is -5.04. The fraction of sp³-hybridized carbons (Fsp3) is 0.0714. The molecule has 12 heteroatoms. The summed E-state index contributed by atoms with van der Waals surface area (Å²) >= 11 is 0. The van der Waals surface area contributed by atoms with Crippen molar-refractivity contribution in [1.82, 2.24) is 0 Å². The first-order chi connectivity index (χ1) is 12.1. The van der Waals surface area contributed by atoms with E-state index in [2.05, 4.69) is 10.1 Å². The van der Waals surface area contributed by atoms with Gasteiger partial charge in [-0.15, -0.1) is 13.2 Å². The second-order valence-corrected chi connectivity index (χ2v) is 4.68. The van der Waals surface area contributed by atoms with Crippen molar-refractivity contribution in [2.45, 2.75) is 6.36 Å². The van der Waals surface area contributed by atoms with Gasteiger partial charge >= 0.3 is 17.7 Å². The Balaban J connectivity index is 2.62. The first-order valence-corrected chi connectivity index (χ1v) is 6.61. The van der Waals surface area contributed by atoms with E-state index in [1.807, 2.05) is 0 Å². The Bertz CT molecular complexity index is 889. The van der Waals surface area contributed by atoms with Gasteiger partial charge in [-0.1, -0.05) is 12.1 Å². The molecule has 1 N–H and O–H groups in total. The van der Waals surface area contributed by atoms with Gasteiger partial charge in [-0.25, -0.2) is 0 Å². The quantitative estimate of drug-likeness (QED) is 0.623. The lowest BCUT2D eigenvalue weighted by Gasteiger charge is -2.14. The van der Waals surface area contributed by atoms with E-state index >= 15 is 0 Å². The molecule has 0 atom stereocenters. The Morgan fingerprint density at radius 3 is 2.08 bits per heavy atom. The molecule has 0 bridgehead atoms. The number of benzene rings is 2. The van der Waals surface area contributed by atoms with Gasteiger partial charge in [0.25, 0.3) is 0 Å². The predicted molar refractivity (Wildman–Crippen MR) is 80.9 cm³/mol. The fourth-order valence-corrected chi connectivity index (χ4v) is 2.01. The molecule has 0 spiro atoms. The van der Waals surface area contributed by atoms with Gasteiger partial charge in [-0.2, -0.15) is 5.26 Å². The molecular weight excluding hydrogens is 361 g/mol. The van der Waals surface area contributed by atoms with Crippen LogP contribution in [0.5, 0.6) is 5.75 Å². The molecule has 0 aliphatic rings. The highest BCUT2D eigenvalue weighted by atomic mass is 19.4. The second kappa shape index (κ2) is 6.93. The molecule has 0 amide bonds. The van der Waals surface area contributed by atoms with Crippen LogP contribution in [0.2, 0.25) is 0 Å². The first kappa shape index (κ1) is 18.5. The molecule has 134 valence electrons. The molecule has 2 aromatic rings. The molecule has 0 aliphatic carbocycles. The van der Waals surface area contributed by atoms with Gasteiger partial charge < -0.3 is 10.1 Å². The molecule has 2 aromatic carbocycles. The van der Waals surface area contributed by atoms with Crippen LogP contribution >= 0.6 is 0 Å². The minimum absolute atomic E-state index is 0.353. The number of hydrogen-bond acceptors (Lipinski definition) is 7. The smallest absolute Gasteiger partial charge is 0.404 e. The SMILES string of the molecule is N#Cc1cc([N+](=O)[O-])c(Nc2ccccc2OC(F)(F)F)c([N+](=O)[O-])c1. The summed E-state index contributed by atoms with van der Waals surface area (Å²) in [7, 11) is 0. The van der Waals surface area contributed by atoms with Crippen LogP contribution in [0.4, 0.5) is 35.9 Å². The number of nitro groups is 2. The van der Waals surface area contributed by atoms with Crippen LogP contribution < -0.4 is 10.1 Å². The van der Waals surface area contributed by atoms with Crippen molar-refractivity contribution in [3.63, 3.8) is 0 Å². The maximum absolute atomic E-state index is 12.5. The van der Waals surface area contributed by atoms with Crippen molar-refractivity contribution in [1.29, 1.82) is 5.26 Å². The minimum atomic E-state index is -5.04. The first-order valence-electron chi connectivity index (χ1n) is 6.61. The maximum Gasteiger partial charge on any atom is 0.573 e. The number of nitrogens with zero attached hydrogens (tertiary/aromatic N) is 3. The molecule has 0 unspecified atom stereocenters. The lowest BCUT2D eigenvalue weighted by Crippen LogP contribution is -2.18. The predicted octanol–water partition coefficient (Wildman–Crippen LogP) is 4.02. The maximum atomic E-state index is 12.5. The summed E-state index contributed by atoms with van der Waals surface area (Å²) < 4.78 is 41.2. The molecule has 0 aliphatic heterocycles. The molecule has 0 saturated carbocycles. The van der Waals surface area contributed by atoms with Crippen molar-refractivity contribution in [2.75, 3.05) is 5.32 Å².